The van der Waals surface area contributed by atoms with E-state index in [4.69, 9.17) is 49.0 Å². The van der Waals surface area contributed by atoms with Crippen LogP contribution in [-0.4, -0.2) is 27.9 Å². The zero-order chi connectivity index (χ0) is 34.2. The van der Waals surface area contributed by atoms with Crippen molar-refractivity contribution in [1.82, 2.24) is 0 Å². The molecule has 5 aromatic carbocycles. The van der Waals surface area contributed by atoms with Gasteiger partial charge in [0, 0.05) is 33.9 Å². The molecule has 0 saturated carbocycles. The molecular weight excluding hydrogens is 604 g/mol. The minimum Gasteiger partial charge on any atom is -0.478 e. The van der Waals surface area contributed by atoms with Crippen molar-refractivity contribution in [3.63, 3.8) is 0 Å². The maximum absolute atomic E-state index is 13.2. The van der Waals surface area contributed by atoms with Crippen LogP contribution in [0.15, 0.2) is 103 Å². The van der Waals surface area contributed by atoms with Gasteiger partial charge in [0.15, 0.2) is 6.10 Å². The Morgan fingerprint density at radius 3 is 1.53 bits per heavy atom. The molecule has 0 radical (unpaired) electrons. The normalized spacial score (nSPS) is 11.0. The minimum atomic E-state index is -1.24. The molecule has 5 rings (SSSR count). The summed E-state index contributed by atoms with van der Waals surface area (Å²) in [5.41, 5.74) is 37.5. The van der Waals surface area contributed by atoms with Gasteiger partial charge in [-0.25, -0.2) is 9.59 Å². The van der Waals surface area contributed by atoms with Crippen LogP contribution in [0.2, 0.25) is 0 Å². The van der Waals surface area contributed by atoms with Crippen molar-refractivity contribution >= 4 is 51.8 Å². The lowest BCUT2D eigenvalue weighted by molar-refractivity contribution is 0.0686. The topological polar surface area (TPSA) is 266 Å². The minimum absolute atomic E-state index is 0.0192. The summed E-state index contributed by atoms with van der Waals surface area (Å²) in [7, 11) is 0. The van der Waals surface area contributed by atoms with E-state index in [1.165, 1.54) is 36.4 Å². The molecule has 0 fully saturated rings. The monoisotopic (exact) mass is 636 g/mol. The predicted octanol–water partition coefficient (Wildman–Crippen LogP) is 5.06. The zero-order valence-electron chi connectivity index (χ0n) is 24.8. The molecule has 47 heavy (non-hydrogen) atoms. The lowest BCUT2D eigenvalue weighted by atomic mass is 9.95. The average molecular weight is 637 g/mol. The molecule has 0 bridgehead atoms. The summed E-state index contributed by atoms with van der Waals surface area (Å²) in [6.07, 6.45) is -1.24. The summed E-state index contributed by atoms with van der Waals surface area (Å²) in [4.78, 5) is 35.2. The first kappa shape index (κ1) is 33.0. The lowest BCUT2D eigenvalue weighted by Crippen LogP contribution is -2.22. The zero-order valence-corrected chi connectivity index (χ0v) is 24.8. The molecule has 240 valence electrons. The number of rotatable bonds is 9. The number of hydrogen-bond acceptors (Lipinski definition) is 11. The lowest BCUT2D eigenvalue weighted by Gasteiger charge is -2.23. The number of anilines is 6. The summed E-state index contributed by atoms with van der Waals surface area (Å²) in [5.74, 6) is -1.38. The van der Waals surface area contributed by atoms with Crippen LogP contribution in [0.25, 0.3) is 0 Å². The maximum Gasteiger partial charge on any atom is 0.335 e. The molecule has 0 amide bonds. The second-order valence-electron chi connectivity index (χ2n) is 10.1. The van der Waals surface area contributed by atoms with Crippen molar-refractivity contribution in [1.29, 1.82) is 0 Å². The first-order chi connectivity index (χ1) is 22.3. The Bertz CT molecular complexity index is 1910. The van der Waals surface area contributed by atoms with Crippen molar-refractivity contribution < 1.29 is 34.1 Å². The van der Waals surface area contributed by atoms with Gasteiger partial charge in [-0.3, -0.25) is 4.79 Å². The Morgan fingerprint density at radius 2 is 1.04 bits per heavy atom. The van der Waals surface area contributed by atoms with Crippen molar-refractivity contribution in [2.45, 2.75) is 6.10 Å². The highest BCUT2D eigenvalue weighted by Gasteiger charge is 2.29. The first-order valence-electron chi connectivity index (χ1n) is 13.8. The number of ketones is 1. The van der Waals surface area contributed by atoms with Gasteiger partial charge in [0.05, 0.1) is 22.5 Å². The van der Waals surface area contributed by atoms with E-state index in [1.807, 2.05) is 0 Å². The molecule has 1 unspecified atom stereocenters. The predicted molar refractivity (Wildman–Crippen MR) is 180 cm³/mol. The molecule has 14 N–H and O–H groups in total. The Labute approximate surface area is 268 Å². The number of carboxylic acid groups (broad SMARTS) is 2. The number of benzene rings is 5. The van der Waals surface area contributed by atoms with Crippen LogP contribution in [0.3, 0.4) is 0 Å². The van der Waals surface area contributed by atoms with Gasteiger partial charge in [0.25, 0.3) is 0 Å². The fraction of sp³-hybridized carbons (Fsp3) is 0.0294. The van der Waals surface area contributed by atoms with E-state index < -0.39 is 23.8 Å². The fourth-order valence-corrected chi connectivity index (χ4v) is 4.38. The number of carbonyl (C=O) groups excluding carboxylic acids is 1. The van der Waals surface area contributed by atoms with Crippen LogP contribution in [-0.2, 0) is 0 Å². The van der Waals surface area contributed by atoms with E-state index in [-0.39, 0.29) is 39.5 Å². The Hall–Kier alpha value is -6.89. The maximum atomic E-state index is 13.2. The van der Waals surface area contributed by atoms with Gasteiger partial charge in [-0.1, -0.05) is 30.3 Å². The third kappa shape index (κ3) is 8.19. The second-order valence-corrected chi connectivity index (χ2v) is 10.1. The van der Waals surface area contributed by atoms with Crippen LogP contribution in [0.4, 0.5) is 34.1 Å². The fourth-order valence-electron chi connectivity index (χ4n) is 4.38. The quantitative estimate of drug-likeness (QED) is 0.0777. The van der Waals surface area contributed by atoms with Crippen LogP contribution < -0.4 is 43.9 Å². The first-order valence-corrected chi connectivity index (χ1v) is 13.8. The van der Waals surface area contributed by atoms with Crippen molar-refractivity contribution in [3.8, 4) is 17.2 Å². The number of hydrogen-bond donors (Lipinski definition) is 8. The molecular formula is C34H32N6O7. The summed E-state index contributed by atoms with van der Waals surface area (Å²) in [5, 5.41) is 18.0. The van der Waals surface area contributed by atoms with Crippen LogP contribution in [0.1, 0.15) is 42.7 Å². The SMILES string of the molecule is Nc1ccc(OC(C(=O)c2ccccc2)c2c(N)cc(C(=O)O)cc2N)c(N)c1.Nc1ccc(Oc2ccc(C(=O)O)cc2)c(N)c1. The van der Waals surface area contributed by atoms with Gasteiger partial charge in [-0.05, 0) is 72.8 Å². The van der Waals surface area contributed by atoms with Gasteiger partial charge in [-0.2, -0.15) is 0 Å². The van der Waals surface area contributed by atoms with Gasteiger partial charge < -0.3 is 54.1 Å². The number of carboxylic acids is 2. The Morgan fingerprint density at radius 1 is 0.532 bits per heavy atom. The average Bonchev–Trinajstić information content (AvgIpc) is 3.03. The van der Waals surface area contributed by atoms with E-state index in [0.29, 0.717) is 34.1 Å². The molecule has 0 aliphatic carbocycles. The number of ether oxygens (including phenoxy) is 2. The Kier molecular flexibility index (Phi) is 10.0. The molecule has 0 aromatic heterocycles. The van der Waals surface area contributed by atoms with E-state index in [2.05, 4.69) is 0 Å². The highest BCUT2D eigenvalue weighted by atomic mass is 16.5. The van der Waals surface area contributed by atoms with E-state index >= 15 is 0 Å². The number of nitrogens with two attached hydrogens (primary N) is 6. The summed E-state index contributed by atoms with van der Waals surface area (Å²) in [6.45, 7) is 0. The second kappa shape index (κ2) is 14.3. The number of aromatic carboxylic acids is 2. The third-order valence-electron chi connectivity index (χ3n) is 6.69. The van der Waals surface area contributed by atoms with Gasteiger partial charge in [0.2, 0.25) is 5.78 Å². The van der Waals surface area contributed by atoms with Gasteiger partial charge in [-0.15, -0.1) is 0 Å². The number of Topliss-reactive ketones (excluding diaryl/α,β-unsaturated/α-hetero) is 1. The molecule has 0 heterocycles. The molecule has 13 heteroatoms. The van der Waals surface area contributed by atoms with E-state index in [9.17, 15) is 19.5 Å². The molecule has 0 aliphatic rings. The highest BCUT2D eigenvalue weighted by molar-refractivity contribution is 6.02. The largest absolute Gasteiger partial charge is 0.478 e. The van der Waals surface area contributed by atoms with Crippen molar-refractivity contribution in [2.75, 3.05) is 34.4 Å². The highest BCUT2D eigenvalue weighted by Crippen LogP contribution is 2.37. The summed E-state index contributed by atoms with van der Waals surface area (Å²) < 4.78 is 11.5. The molecule has 0 spiro atoms. The van der Waals surface area contributed by atoms with E-state index in [0.717, 1.165) is 0 Å². The van der Waals surface area contributed by atoms with Gasteiger partial charge >= 0.3 is 11.9 Å². The number of nitrogen functional groups attached to an aromatic ring is 6. The van der Waals surface area contributed by atoms with Gasteiger partial charge in [0.1, 0.15) is 17.2 Å². The van der Waals surface area contributed by atoms with Crippen molar-refractivity contribution in [3.05, 3.63) is 125 Å². The third-order valence-corrected chi connectivity index (χ3v) is 6.69. The van der Waals surface area contributed by atoms with Crippen LogP contribution in [0.5, 0.6) is 17.2 Å². The molecule has 0 saturated heterocycles. The summed E-state index contributed by atoms with van der Waals surface area (Å²) >= 11 is 0. The molecule has 0 aliphatic heterocycles. The Balaban J connectivity index is 0.000000238. The summed E-state index contributed by atoms with van der Waals surface area (Å²) in [6, 6.07) is 26.5. The van der Waals surface area contributed by atoms with Crippen LogP contribution >= 0.6 is 0 Å². The number of carbonyl (C=O) groups is 3. The standard InChI is InChI=1S/C21H20N4O4.C13H12N2O3/c22-13-6-7-17(14(23)10-13)29-20(19(26)11-4-2-1-3-5-11)18-15(24)8-12(21(27)28)9-16(18)25;14-9-3-6-12(11(15)7-9)18-10-4-1-8(2-5-10)13(16)17/h1-10,20H,22-25H2,(H,27,28);1-7H,14-15H2,(H,16,17). The molecule has 13 nitrogen and oxygen atoms in total. The smallest absolute Gasteiger partial charge is 0.335 e. The molecule has 1 atom stereocenters. The van der Waals surface area contributed by atoms with E-state index in [1.54, 1.807) is 66.7 Å². The molecule has 5 aromatic rings. The van der Waals surface area contributed by atoms with Crippen molar-refractivity contribution in [2.24, 2.45) is 0 Å². The van der Waals surface area contributed by atoms with Crippen LogP contribution in [0, 0.1) is 0 Å².